The number of aromatic amines is 1. The first kappa shape index (κ1) is 19.7. The average Bonchev–Trinajstić information content (AvgIpc) is 2.70. The topological polar surface area (TPSA) is 116 Å². The Hall–Kier alpha value is -3.65. The number of nitrogens with zero attached hydrogens (tertiary/aromatic N) is 1. The van der Waals surface area contributed by atoms with E-state index in [9.17, 15) is 14.4 Å². The fourth-order valence-electron chi connectivity index (χ4n) is 3.19. The highest BCUT2D eigenvalue weighted by molar-refractivity contribution is 6.30. The minimum Gasteiger partial charge on any atom is -0.326 e. The summed E-state index contributed by atoms with van der Waals surface area (Å²) in [5, 5.41) is 8.86. The average molecular weight is 424 g/mol. The van der Waals surface area contributed by atoms with E-state index in [4.69, 9.17) is 11.6 Å². The molecule has 1 aliphatic heterocycles. The highest BCUT2D eigenvalue weighted by Crippen LogP contribution is 2.30. The largest absolute Gasteiger partial charge is 0.326 e. The van der Waals surface area contributed by atoms with Gasteiger partial charge in [-0.15, -0.1) is 0 Å². The van der Waals surface area contributed by atoms with Gasteiger partial charge in [-0.05, 0) is 43.3 Å². The van der Waals surface area contributed by atoms with Crippen LogP contribution in [0.2, 0.25) is 5.02 Å². The first-order valence-corrected chi connectivity index (χ1v) is 9.61. The van der Waals surface area contributed by atoms with Gasteiger partial charge in [0.2, 0.25) is 17.8 Å². The van der Waals surface area contributed by atoms with E-state index in [1.54, 1.807) is 36.4 Å². The van der Waals surface area contributed by atoms with E-state index in [2.05, 4.69) is 25.9 Å². The lowest BCUT2D eigenvalue weighted by Gasteiger charge is -2.23. The van der Waals surface area contributed by atoms with Gasteiger partial charge in [-0.1, -0.05) is 29.3 Å². The third-order valence-corrected chi connectivity index (χ3v) is 4.95. The molecule has 0 aliphatic carbocycles. The Kier molecular flexibility index (Phi) is 5.24. The molecule has 0 radical (unpaired) electrons. The number of aryl methyl sites for hydroxylation is 1. The maximum absolute atomic E-state index is 12.8. The maximum atomic E-state index is 12.8. The molecule has 8 nitrogen and oxygen atoms in total. The summed E-state index contributed by atoms with van der Waals surface area (Å²) in [6.45, 7) is 1.94. The van der Waals surface area contributed by atoms with Crippen LogP contribution in [0.5, 0.6) is 0 Å². The molecule has 4 N–H and O–H groups in total. The molecular formula is C21H18ClN5O3. The Morgan fingerprint density at radius 2 is 1.73 bits per heavy atom. The first-order valence-electron chi connectivity index (χ1n) is 9.23. The zero-order chi connectivity index (χ0) is 21.3. The van der Waals surface area contributed by atoms with Crippen molar-refractivity contribution < 1.29 is 9.59 Å². The Bertz CT molecular complexity index is 1170. The molecule has 0 bridgehead atoms. The van der Waals surface area contributed by atoms with Crippen LogP contribution in [0.1, 0.15) is 23.5 Å². The zero-order valence-electron chi connectivity index (χ0n) is 16.0. The summed E-state index contributed by atoms with van der Waals surface area (Å²) in [6, 6.07) is 14.1. The molecule has 0 saturated carbocycles. The van der Waals surface area contributed by atoms with E-state index in [0.717, 1.165) is 5.56 Å². The van der Waals surface area contributed by atoms with E-state index in [0.29, 0.717) is 16.4 Å². The van der Waals surface area contributed by atoms with E-state index < -0.39 is 17.4 Å². The van der Waals surface area contributed by atoms with Crippen LogP contribution in [-0.4, -0.2) is 21.8 Å². The molecule has 2 amide bonds. The predicted octanol–water partition coefficient (Wildman–Crippen LogP) is 3.54. The molecular weight excluding hydrogens is 406 g/mol. The van der Waals surface area contributed by atoms with Crippen LogP contribution in [0.15, 0.2) is 53.3 Å². The number of nitrogens with one attached hydrogen (secondary N) is 4. The number of benzene rings is 2. The number of hydrogen-bond donors (Lipinski definition) is 4. The number of carbonyl (C=O) groups is 2. The maximum Gasteiger partial charge on any atom is 0.258 e. The summed E-state index contributed by atoms with van der Waals surface area (Å²) in [5.41, 5.74) is 1.92. The lowest BCUT2D eigenvalue weighted by Crippen LogP contribution is -2.36. The Labute approximate surface area is 176 Å². The third-order valence-electron chi connectivity index (χ3n) is 4.69. The van der Waals surface area contributed by atoms with Crippen molar-refractivity contribution in [3.63, 3.8) is 0 Å². The van der Waals surface area contributed by atoms with Gasteiger partial charge in [0.15, 0.2) is 0 Å². The van der Waals surface area contributed by atoms with Crippen molar-refractivity contribution in [2.45, 2.75) is 19.3 Å². The van der Waals surface area contributed by atoms with Crippen LogP contribution >= 0.6 is 11.6 Å². The van der Waals surface area contributed by atoms with E-state index in [1.165, 1.54) is 0 Å². The Morgan fingerprint density at radius 3 is 2.43 bits per heavy atom. The van der Waals surface area contributed by atoms with Crippen molar-refractivity contribution in [1.82, 2.24) is 9.97 Å². The molecule has 1 aliphatic rings. The van der Waals surface area contributed by atoms with Gasteiger partial charge in [0, 0.05) is 22.8 Å². The highest BCUT2D eigenvalue weighted by Gasteiger charge is 2.34. The molecule has 9 heteroatoms. The Morgan fingerprint density at radius 1 is 1.07 bits per heavy atom. The van der Waals surface area contributed by atoms with E-state index >= 15 is 0 Å². The molecule has 4 rings (SSSR count). The molecule has 0 spiro atoms. The van der Waals surface area contributed by atoms with Crippen LogP contribution < -0.4 is 21.5 Å². The van der Waals surface area contributed by atoms with Gasteiger partial charge >= 0.3 is 0 Å². The van der Waals surface area contributed by atoms with Crippen molar-refractivity contribution in [3.05, 3.63) is 75.0 Å². The number of hydrogen-bond acceptors (Lipinski definition) is 5. The molecule has 30 heavy (non-hydrogen) atoms. The summed E-state index contributed by atoms with van der Waals surface area (Å²) in [7, 11) is 0. The van der Waals surface area contributed by atoms with Gasteiger partial charge in [0.25, 0.3) is 5.56 Å². The number of rotatable bonds is 4. The number of H-pyrrole nitrogens is 1. The van der Waals surface area contributed by atoms with Crippen molar-refractivity contribution in [2.75, 3.05) is 16.0 Å². The van der Waals surface area contributed by atoms with Gasteiger partial charge in [-0.2, -0.15) is 4.98 Å². The van der Waals surface area contributed by atoms with Gasteiger partial charge in [0.05, 0.1) is 11.5 Å². The molecule has 2 heterocycles. The number of fused-ring (bicyclic) bond motifs is 1. The summed E-state index contributed by atoms with van der Waals surface area (Å²) >= 11 is 5.88. The minimum atomic E-state index is -0.948. The quantitative estimate of drug-likeness (QED) is 0.512. The van der Waals surface area contributed by atoms with E-state index in [1.807, 2.05) is 19.1 Å². The molecule has 3 aromatic rings. The van der Waals surface area contributed by atoms with Gasteiger partial charge in [-0.25, -0.2) is 0 Å². The molecule has 0 saturated heterocycles. The minimum absolute atomic E-state index is 0.0653. The number of amides is 2. The van der Waals surface area contributed by atoms with Crippen molar-refractivity contribution in [1.29, 1.82) is 0 Å². The van der Waals surface area contributed by atoms with Gasteiger partial charge in [-0.3, -0.25) is 19.4 Å². The third kappa shape index (κ3) is 4.18. The molecule has 1 atom stereocenters. The lowest BCUT2D eigenvalue weighted by atomic mass is 9.92. The van der Waals surface area contributed by atoms with Crippen molar-refractivity contribution in [3.8, 4) is 0 Å². The van der Waals surface area contributed by atoms with Crippen LogP contribution in [0.3, 0.4) is 0 Å². The second kappa shape index (κ2) is 8.00. The first-order chi connectivity index (χ1) is 14.4. The van der Waals surface area contributed by atoms with Crippen molar-refractivity contribution in [2.24, 2.45) is 0 Å². The van der Waals surface area contributed by atoms with Crippen molar-refractivity contribution >= 4 is 46.6 Å². The molecule has 0 fully saturated rings. The summed E-state index contributed by atoms with van der Waals surface area (Å²) < 4.78 is 0. The smallest absolute Gasteiger partial charge is 0.258 e. The van der Waals surface area contributed by atoms with Crippen LogP contribution in [0.25, 0.3) is 0 Å². The number of aromatic nitrogens is 2. The SMILES string of the molecule is Cc1ccc(NC(=O)[C@H]2CC(=O)Nc3nc(Nc4ccc(Cl)cc4)[nH]c(=O)c32)cc1. The monoisotopic (exact) mass is 423 g/mol. The second-order valence-corrected chi connectivity index (χ2v) is 7.41. The van der Waals surface area contributed by atoms with Gasteiger partial charge < -0.3 is 16.0 Å². The predicted molar refractivity (Wildman–Crippen MR) is 115 cm³/mol. The molecule has 2 aromatic carbocycles. The fourth-order valence-corrected chi connectivity index (χ4v) is 3.32. The fraction of sp³-hybridized carbons (Fsp3) is 0.143. The van der Waals surface area contributed by atoms with Gasteiger partial charge in [0.1, 0.15) is 5.82 Å². The summed E-state index contributed by atoms with van der Waals surface area (Å²) in [5.74, 6) is -1.57. The van der Waals surface area contributed by atoms with E-state index in [-0.39, 0.29) is 29.7 Å². The Balaban J connectivity index is 1.62. The highest BCUT2D eigenvalue weighted by atomic mass is 35.5. The lowest BCUT2D eigenvalue weighted by molar-refractivity contribution is -0.123. The normalized spacial score (nSPS) is 15.1. The summed E-state index contributed by atoms with van der Waals surface area (Å²) in [4.78, 5) is 44.7. The van der Waals surface area contributed by atoms with Crippen LogP contribution in [0, 0.1) is 6.92 Å². The zero-order valence-corrected chi connectivity index (χ0v) is 16.7. The second-order valence-electron chi connectivity index (χ2n) is 6.97. The van der Waals surface area contributed by atoms with Crippen LogP contribution in [-0.2, 0) is 9.59 Å². The number of anilines is 4. The number of carbonyl (C=O) groups excluding carboxylic acids is 2. The standard InChI is InChI=1S/C21H18ClN5O3/c1-11-2-6-13(7-3-11)23-19(29)15-10-16(28)25-18-17(15)20(30)27-21(26-18)24-14-8-4-12(22)5-9-14/h2-9,15H,10H2,1H3,(H,23,29)(H3,24,25,26,27,28,30)/t15-/m0/s1. The molecule has 1 aromatic heterocycles. The van der Waals surface area contributed by atoms with Crippen LogP contribution in [0.4, 0.5) is 23.1 Å². The molecule has 0 unspecified atom stereocenters. The number of halogens is 1. The molecule has 152 valence electrons. The summed E-state index contributed by atoms with van der Waals surface area (Å²) in [6.07, 6.45) is -0.139.